The first-order valence-corrected chi connectivity index (χ1v) is 11.0. The van der Waals surface area contributed by atoms with E-state index in [4.69, 9.17) is 14.2 Å². The molecule has 31 heavy (non-hydrogen) atoms. The van der Waals surface area contributed by atoms with Crippen molar-refractivity contribution in [2.24, 2.45) is 0 Å². The fraction of sp³-hybridized carbons (Fsp3) is 0.227. The minimum absolute atomic E-state index is 0.225. The smallest absolute Gasteiger partial charge is 0.323 e. The predicted octanol–water partition coefficient (Wildman–Crippen LogP) is 3.44. The van der Waals surface area contributed by atoms with Gasteiger partial charge in [0, 0.05) is 29.0 Å². The Morgan fingerprint density at radius 1 is 1.00 bits per heavy atom. The molecular formula is C22H22N4O4S. The van der Waals surface area contributed by atoms with Crippen LogP contribution in [0.3, 0.4) is 0 Å². The maximum absolute atomic E-state index is 12.8. The second kappa shape index (κ2) is 9.67. The van der Waals surface area contributed by atoms with Crippen LogP contribution in [-0.4, -0.2) is 44.8 Å². The monoisotopic (exact) mass is 438 g/mol. The summed E-state index contributed by atoms with van der Waals surface area (Å²) >= 11 is -1.41. The van der Waals surface area contributed by atoms with Crippen LogP contribution in [0, 0.1) is 6.92 Å². The van der Waals surface area contributed by atoms with Crippen molar-refractivity contribution < 1.29 is 18.8 Å². The number of hydrogen-bond acceptors (Lipinski definition) is 7. The molecule has 0 aliphatic rings. The van der Waals surface area contributed by atoms with E-state index >= 15 is 0 Å². The average molecular weight is 439 g/mol. The molecule has 4 aromatic rings. The van der Waals surface area contributed by atoms with E-state index in [2.05, 4.69) is 19.9 Å². The number of H-pyrrole nitrogens is 1. The number of benzene rings is 1. The Hall–Kier alpha value is -3.30. The Morgan fingerprint density at radius 3 is 2.61 bits per heavy atom. The number of methoxy groups -OCH3 is 1. The fourth-order valence-electron chi connectivity index (χ4n) is 2.98. The molecule has 0 amide bonds. The van der Waals surface area contributed by atoms with Crippen LogP contribution in [0.25, 0.3) is 11.2 Å². The zero-order valence-corrected chi connectivity index (χ0v) is 18.0. The van der Waals surface area contributed by atoms with Crippen LogP contribution in [-0.2, 0) is 16.9 Å². The third-order valence-corrected chi connectivity index (χ3v) is 5.76. The third-order valence-electron chi connectivity index (χ3n) is 4.60. The first-order chi connectivity index (χ1) is 15.1. The first kappa shape index (κ1) is 21.0. The standard InChI is InChI=1S/C22H22N4O4S/c1-15-18(23-11-10-19(15)28-2)14-31(27)22-24-17-8-9-20(25-21(17)26-22)30-13-12-29-16-6-4-3-5-7-16/h3-11H,12-14H2,1-2H3,(H,24,25,26). The molecule has 0 aliphatic carbocycles. The van der Waals surface area contributed by atoms with Gasteiger partial charge in [-0.2, -0.15) is 9.97 Å². The van der Waals surface area contributed by atoms with Gasteiger partial charge < -0.3 is 18.8 Å². The molecule has 9 heteroatoms. The second-order valence-corrected chi connectivity index (χ2v) is 8.01. The third kappa shape index (κ3) is 5.07. The van der Waals surface area contributed by atoms with E-state index in [1.54, 1.807) is 31.5 Å². The molecule has 0 saturated heterocycles. The molecular weight excluding hydrogens is 416 g/mol. The van der Waals surface area contributed by atoms with E-state index < -0.39 is 11.2 Å². The van der Waals surface area contributed by atoms with Crippen molar-refractivity contribution in [3.63, 3.8) is 0 Å². The summed E-state index contributed by atoms with van der Waals surface area (Å²) in [7, 11) is 1.60. The molecule has 1 N–H and O–H groups in total. The molecule has 1 atom stereocenters. The molecule has 0 bridgehead atoms. The molecule has 160 valence electrons. The van der Waals surface area contributed by atoms with Gasteiger partial charge in [0.15, 0.2) is 11.4 Å². The number of hydrogen-bond donors (Lipinski definition) is 1. The minimum Gasteiger partial charge on any atom is -0.609 e. The summed E-state index contributed by atoms with van der Waals surface area (Å²) in [6.45, 7) is 2.64. The van der Waals surface area contributed by atoms with E-state index in [-0.39, 0.29) is 5.75 Å². The number of nitrogens with one attached hydrogen (secondary N) is 1. The van der Waals surface area contributed by atoms with Gasteiger partial charge in [0.25, 0.3) is 0 Å². The number of ether oxygens (including phenoxy) is 3. The molecule has 8 nitrogen and oxygen atoms in total. The van der Waals surface area contributed by atoms with Crippen molar-refractivity contribution in [3.8, 4) is 17.4 Å². The second-order valence-electron chi connectivity index (χ2n) is 6.64. The van der Waals surface area contributed by atoms with Crippen LogP contribution in [0.4, 0.5) is 0 Å². The van der Waals surface area contributed by atoms with Gasteiger partial charge in [0.05, 0.1) is 12.8 Å². The largest absolute Gasteiger partial charge is 0.609 e. The van der Waals surface area contributed by atoms with Gasteiger partial charge in [-0.3, -0.25) is 9.97 Å². The van der Waals surface area contributed by atoms with Crippen molar-refractivity contribution in [1.29, 1.82) is 0 Å². The zero-order chi connectivity index (χ0) is 21.6. The highest BCUT2D eigenvalue weighted by molar-refractivity contribution is 7.90. The van der Waals surface area contributed by atoms with Gasteiger partial charge in [0.2, 0.25) is 5.88 Å². The lowest BCUT2D eigenvalue weighted by Crippen LogP contribution is -2.10. The molecule has 1 unspecified atom stereocenters. The maximum Gasteiger partial charge on any atom is 0.323 e. The summed E-state index contributed by atoms with van der Waals surface area (Å²) in [5.41, 5.74) is 2.70. The van der Waals surface area contributed by atoms with Gasteiger partial charge >= 0.3 is 5.16 Å². The molecule has 4 rings (SSSR count). The van der Waals surface area contributed by atoms with Crippen molar-refractivity contribution in [2.45, 2.75) is 17.8 Å². The Bertz CT molecular complexity index is 1150. The van der Waals surface area contributed by atoms with Crippen LogP contribution in [0.2, 0.25) is 0 Å². The SMILES string of the molecule is COc1ccnc(C[S+]([O-])c2nc3ccc(OCCOc4ccccc4)nc3[nH]2)c1C. The Kier molecular flexibility index (Phi) is 6.54. The molecule has 0 fully saturated rings. The quantitative estimate of drug-likeness (QED) is 0.315. The molecule has 0 saturated carbocycles. The lowest BCUT2D eigenvalue weighted by molar-refractivity contribution is 0.212. The van der Waals surface area contributed by atoms with Gasteiger partial charge in [0.1, 0.15) is 30.2 Å². The Labute approximate surface area is 182 Å². The summed E-state index contributed by atoms with van der Waals surface area (Å²) in [6, 6.07) is 14.8. The van der Waals surface area contributed by atoms with Gasteiger partial charge in [-0.1, -0.05) is 18.2 Å². The number of rotatable bonds is 9. The normalized spacial score (nSPS) is 12.0. The van der Waals surface area contributed by atoms with E-state index in [1.165, 1.54) is 0 Å². The molecule has 1 aromatic carbocycles. The predicted molar refractivity (Wildman–Crippen MR) is 117 cm³/mol. The van der Waals surface area contributed by atoms with Crippen molar-refractivity contribution in [2.75, 3.05) is 20.3 Å². The minimum atomic E-state index is -1.41. The Balaban J connectivity index is 1.39. The molecule has 0 radical (unpaired) electrons. The lowest BCUT2D eigenvalue weighted by atomic mass is 10.2. The van der Waals surface area contributed by atoms with E-state index in [0.717, 1.165) is 11.3 Å². The first-order valence-electron chi connectivity index (χ1n) is 9.68. The number of aromatic amines is 1. The number of imidazole rings is 1. The number of pyridine rings is 2. The average Bonchev–Trinajstić information content (AvgIpc) is 3.22. The van der Waals surface area contributed by atoms with Crippen LogP contribution in [0.15, 0.2) is 59.9 Å². The number of para-hydroxylation sites is 1. The summed E-state index contributed by atoms with van der Waals surface area (Å²) in [4.78, 5) is 16.2. The highest BCUT2D eigenvalue weighted by Gasteiger charge is 2.21. The van der Waals surface area contributed by atoms with Crippen LogP contribution >= 0.6 is 0 Å². The number of nitrogens with zero attached hydrogens (tertiary/aromatic N) is 3. The van der Waals surface area contributed by atoms with Gasteiger partial charge in [-0.25, -0.2) is 0 Å². The zero-order valence-electron chi connectivity index (χ0n) is 17.2. The highest BCUT2D eigenvalue weighted by Crippen LogP contribution is 2.23. The molecule has 0 spiro atoms. The Morgan fingerprint density at radius 2 is 1.81 bits per heavy atom. The highest BCUT2D eigenvalue weighted by atomic mass is 32.2. The summed E-state index contributed by atoms with van der Waals surface area (Å²) in [6.07, 6.45) is 1.64. The topological polar surface area (TPSA) is 105 Å². The van der Waals surface area contributed by atoms with Crippen molar-refractivity contribution in [1.82, 2.24) is 19.9 Å². The number of fused-ring (bicyclic) bond motifs is 1. The summed E-state index contributed by atoms with van der Waals surface area (Å²) in [5.74, 6) is 2.17. The lowest BCUT2D eigenvalue weighted by Gasteiger charge is -2.10. The molecule has 0 aliphatic heterocycles. The molecule has 3 aromatic heterocycles. The van der Waals surface area contributed by atoms with Crippen LogP contribution in [0.5, 0.6) is 17.4 Å². The van der Waals surface area contributed by atoms with Gasteiger partial charge in [-0.05, 0) is 31.2 Å². The van der Waals surface area contributed by atoms with Crippen molar-refractivity contribution >= 4 is 22.3 Å². The van der Waals surface area contributed by atoms with Crippen LogP contribution in [0.1, 0.15) is 11.3 Å². The molecule has 3 heterocycles. The fourth-order valence-corrected chi connectivity index (χ4v) is 4.07. The van der Waals surface area contributed by atoms with E-state index in [0.29, 0.717) is 46.9 Å². The maximum atomic E-state index is 12.8. The summed E-state index contributed by atoms with van der Waals surface area (Å²) < 4.78 is 29.4. The van der Waals surface area contributed by atoms with Crippen molar-refractivity contribution in [3.05, 3.63) is 66.0 Å². The van der Waals surface area contributed by atoms with Crippen LogP contribution < -0.4 is 14.2 Å². The van der Waals surface area contributed by atoms with E-state index in [1.807, 2.05) is 37.3 Å². The van der Waals surface area contributed by atoms with Gasteiger partial charge in [-0.15, -0.1) is 0 Å². The number of aromatic nitrogens is 4. The van der Waals surface area contributed by atoms with E-state index in [9.17, 15) is 4.55 Å². The summed E-state index contributed by atoms with van der Waals surface area (Å²) in [5, 5.41) is 0.344.